The molecular formula is C21H24N2O2S2. The topological polar surface area (TPSA) is 55.0 Å². The second-order valence-corrected chi connectivity index (χ2v) is 9.15. The first-order chi connectivity index (χ1) is 13.2. The molecule has 0 amide bonds. The summed E-state index contributed by atoms with van der Waals surface area (Å²) >= 11 is 3.34. The lowest BCUT2D eigenvalue weighted by molar-refractivity contribution is 0.310. The van der Waals surface area contributed by atoms with Gasteiger partial charge in [-0.1, -0.05) is 29.5 Å². The van der Waals surface area contributed by atoms with E-state index in [0.29, 0.717) is 6.61 Å². The highest BCUT2D eigenvalue weighted by molar-refractivity contribution is 7.99. The number of thiophene rings is 1. The van der Waals surface area contributed by atoms with E-state index in [0.717, 1.165) is 52.6 Å². The first-order valence-corrected chi connectivity index (χ1v) is 11.4. The standard InChI is InChI=1S/C21H24N2O2S2/c1-14-8-10-15(11-9-14)25-12-4-5-13-26-21-22-19(24)18-16-6-2-3-7-17(16)27-20(18)23-21/h8-11H,2-7,12-13H2,1H3,(H,22,23,24). The Morgan fingerprint density at radius 2 is 2.00 bits per heavy atom. The second-order valence-electron chi connectivity index (χ2n) is 6.98. The van der Waals surface area contributed by atoms with Gasteiger partial charge in [0.1, 0.15) is 10.6 Å². The van der Waals surface area contributed by atoms with Gasteiger partial charge in [0, 0.05) is 10.6 Å². The van der Waals surface area contributed by atoms with Crippen molar-refractivity contribution in [2.45, 2.75) is 50.6 Å². The van der Waals surface area contributed by atoms with Crippen LogP contribution < -0.4 is 10.3 Å². The summed E-state index contributed by atoms with van der Waals surface area (Å²) in [4.78, 5) is 22.5. The predicted octanol–water partition coefficient (Wildman–Crippen LogP) is 5.12. The van der Waals surface area contributed by atoms with Gasteiger partial charge < -0.3 is 9.72 Å². The number of unbranched alkanes of at least 4 members (excludes halogenated alkanes) is 1. The van der Waals surface area contributed by atoms with Crippen LogP contribution in [0.3, 0.4) is 0 Å². The highest BCUT2D eigenvalue weighted by atomic mass is 32.2. The van der Waals surface area contributed by atoms with Crippen molar-refractivity contribution < 1.29 is 4.74 Å². The Bertz CT molecular complexity index is 976. The molecular weight excluding hydrogens is 376 g/mol. The van der Waals surface area contributed by atoms with E-state index in [1.165, 1.54) is 28.8 Å². The first kappa shape index (κ1) is 18.6. The molecule has 0 spiro atoms. The molecule has 4 rings (SSSR count). The molecule has 0 saturated heterocycles. The van der Waals surface area contributed by atoms with Crippen LogP contribution in [0.2, 0.25) is 0 Å². The summed E-state index contributed by atoms with van der Waals surface area (Å²) in [5, 5.41) is 1.58. The van der Waals surface area contributed by atoms with Crippen LogP contribution in [0.5, 0.6) is 5.75 Å². The maximum absolute atomic E-state index is 12.5. The Morgan fingerprint density at radius 3 is 2.85 bits per heavy atom. The van der Waals surface area contributed by atoms with Gasteiger partial charge in [-0.3, -0.25) is 4.79 Å². The SMILES string of the molecule is Cc1ccc(OCCCCSc2nc3sc4c(c3c(=O)[nH]2)CCCC4)cc1. The lowest BCUT2D eigenvalue weighted by Gasteiger charge is -2.09. The Labute approximate surface area is 167 Å². The summed E-state index contributed by atoms with van der Waals surface area (Å²) in [6.07, 6.45) is 6.54. The molecule has 0 atom stereocenters. The van der Waals surface area contributed by atoms with E-state index < -0.39 is 0 Å². The van der Waals surface area contributed by atoms with Crippen molar-refractivity contribution in [1.29, 1.82) is 0 Å². The molecule has 2 heterocycles. The van der Waals surface area contributed by atoms with Gasteiger partial charge in [0.05, 0.1) is 12.0 Å². The minimum Gasteiger partial charge on any atom is -0.494 e. The van der Waals surface area contributed by atoms with Crippen molar-refractivity contribution in [2.75, 3.05) is 12.4 Å². The number of rotatable bonds is 7. The van der Waals surface area contributed by atoms with E-state index in [9.17, 15) is 4.79 Å². The quantitative estimate of drug-likeness (QED) is 0.340. The molecule has 1 aliphatic rings. The second kappa shape index (κ2) is 8.48. The van der Waals surface area contributed by atoms with E-state index in [2.05, 4.69) is 24.0 Å². The van der Waals surface area contributed by atoms with Gasteiger partial charge in [-0.2, -0.15) is 0 Å². The van der Waals surface area contributed by atoms with Crippen molar-refractivity contribution in [3.05, 3.63) is 50.6 Å². The predicted molar refractivity (Wildman–Crippen MR) is 114 cm³/mol. The maximum Gasteiger partial charge on any atom is 0.260 e. The lowest BCUT2D eigenvalue weighted by Crippen LogP contribution is -2.11. The summed E-state index contributed by atoms with van der Waals surface area (Å²) in [6.45, 7) is 2.78. The molecule has 3 aromatic rings. The third kappa shape index (κ3) is 4.38. The van der Waals surface area contributed by atoms with Gasteiger partial charge in [0.25, 0.3) is 5.56 Å². The molecule has 27 heavy (non-hydrogen) atoms. The molecule has 0 radical (unpaired) electrons. The van der Waals surface area contributed by atoms with Gasteiger partial charge in [-0.15, -0.1) is 11.3 Å². The number of aryl methyl sites for hydroxylation is 3. The third-order valence-electron chi connectivity index (χ3n) is 4.87. The van der Waals surface area contributed by atoms with E-state index >= 15 is 0 Å². The van der Waals surface area contributed by atoms with E-state index in [1.807, 2.05) is 12.1 Å². The molecule has 6 heteroatoms. The summed E-state index contributed by atoms with van der Waals surface area (Å²) in [7, 11) is 0. The lowest BCUT2D eigenvalue weighted by atomic mass is 9.97. The monoisotopic (exact) mass is 400 g/mol. The summed E-state index contributed by atoms with van der Waals surface area (Å²) < 4.78 is 5.76. The van der Waals surface area contributed by atoms with Crippen LogP contribution in [0.25, 0.3) is 10.2 Å². The fourth-order valence-electron chi connectivity index (χ4n) is 3.41. The number of benzene rings is 1. The van der Waals surface area contributed by atoms with Crippen LogP contribution in [0, 0.1) is 6.92 Å². The molecule has 0 unspecified atom stereocenters. The molecule has 4 nitrogen and oxygen atoms in total. The van der Waals surface area contributed by atoms with Crippen molar-refractivity contribution in [2.24, 2.45) is 0 Å². The van der Waals surface area contributed by atoms with Gasteiger partial charge >= 0.3 is 0 Å². The number of hydrogen-bond acceptors (Lipinski definition) is 5. The highest BCUT2D eigenvalue weighted by Gasteiger charge is 2.19. The molecule has 1 aliphatic carbocycles. The highest BCUT2D eigenvalue weighted by Crippen LogP contribution is 2.34. The Balaban J connectivity index is 1.29. The zero-order valence-electron chi connectivity index (χ0n) is 15.5. The van der Waals surface area contributed by atoms with Crippen LogP contribution in [-0.4, -0.2) is 22.3 Å². The molecule has 0 aliphatic heterocycles. The largest absolute Gasteiger partial charge is 0.494 e. The van der Waals surface area contributed by atoms with Crippen molar-refractivity contribution in [3.63, 3.8) is 0 Å². The van der Waals surface area contributed by atoms with Gasteiger partial charge in [-0.25, -0.2) is 4.98 Å². The first-order valence-electron chi connectivity index (χ1n) is 9.57. The number of aromatic nitrogens is 2. The minimum absolute atomic E-state index is 0.0320. The zero-order valence-corrected chi connectivity index (χ0v) is 17.2. The smallest absolute Gasteiger partial charge is 0.260 e. The number of nitrogens with one attached hydrogen (secondary N) is 1. The van der Waals surface area contributed by atoms with Crippen LogP contribution in [0.1, 0.15) is 41.7 Å². The van der Waals surface area contributed by atoms with Gasteiger partial charge in [-0.05, 0) is 63.1 Å². The number of fused-ring (bicyclic) bond motifs is 3. The zero-order chi connectivity index (χ0) is 18.6. The molecule has 2 aromatic heterocycles. The van der Waals surface area contributed by atoms with E-state index in [-0.39, 0.29) is 5.56 Å². The normalized spacial score (nSPS) is 13.7. The number of hydrogen-bond donors (Lipinski definition) is 1. The van der Waals surface area contributed by atoms with Gasteiger partial charge in [0.15, 0.2) is 5.16 Å². The number of H-pyrrole nitrogens is 1. The van der Waals surface area contributed by atoms with E-state index in [1.54, 1.807) is 23.1 Å². The number of aromatic amines is 1. The van der Waals surface area contributed by atoms with E-state index in [4.69, 9.17) is 9.72 Å². The van der Waals surface area contributed by atoms with Crippen LogP contribution >= 0.6 is 23.1 Å². The van der Waals surface area contributed by atoms with Crippen LogP contribution in [0.15, 0.2) is 34.2 Å². The molecule has 0 saturated carbocycles. The average molecular weight is 401 g/mol. The number of nitrogens with zero attached hydrogens (tertiary/aromatic N) is 1. The molecule has 142 valence electrons. The Kier molecular flexibility index (Phi) is 5.83. The number of ether oxygens (including phenoxy) is 1. The fraction of sp³-hybridized carbons (Fsp3) is 0.429. The summed E-state index contributed by atoms with van der Waals surface area (Å²) in [5.41, 5.74) is 2.52. The minimum atomic E-state index is 0.0320. The van der Waals surface area contributed by atoms with Crippen LogP contribution in [-0.2, 0) is 12.8 Å². The van der Waals surface area contributed by atoms with Crippen molar-refractivity contribution in [3.8, 4) is 5.75 Å². The van der Waals surface area contributed by atoms with Crippen LogP contribution in [0.4, 0.5) is 0 Å². The fourth-order valence-corrected chi connectivity index (χ4v) is 5.59. The third-order valence-corrected chi connectivity index (χ3v) is 7.02. The molecule has 1 aromatic carbocycles. The number of thioether (sulfide) groups is 1. The average Bonchev–Trinajstić information content (AvgIpc) is 3.05. The van der Waals surface area contributed by atoms with Crippen molar-refractivity contribution >= 4 is 33.3 Å². The van der Waals surface area contributed by atoms with Crippen molar-refractivity contribution in [1.82, 2.24) is 9.97 Å². The Morgan fingerprint density at radius 1 is 1.19 bits per heavy atom. The van der Waals surface area contributed by atoms with Gasteiger partial charge in [0.2, 0.25) is 0 Å². The maximum atomic E-state index is 12.5. The Hall–Kier alpha value is -1.79. The summed E-state index contributed by atoms with van der Waals surface area (Å²) in [6, 6.07) is 8.14. The summed E-state index contributed by atoms with van der Waals surface area (Å²) in [5.74, 6) is 1.85. The molecule has 0 fully saturated rings. The molecule has 0 bridgehead atoms. The molecule has 1 N–H and O–H groups in total.